The zero-order valence-electron chi connectivity index (χ0n) is 10.4. The number of halogens is 1. The number of nitrogens with one attached hydrogen (secondary N) is 2. The third-order valence-corrected chi connectivity index (χ3v) is 2.49. The van der Waals surface area contributed by atoms with Gasteiger partial charge in [-0.1, -0.05) is 16.7 Å². The topological polar surface area (TPSA) is 97.6 Å². The molecule has 0 bridgehead atoms. The minimum Gasteiger partial charge on any atom is -0.370 e. The highest BCUT2D eigenvalue weighted by Crippen LogP contribution is 2.18. The third kappa shape index (κ3) is 3.16. The van der Waals surface area contributed by atoms with Gasteiger partial charge in [-0.2, -0.15) is 4.80 Å². The first kappa shape index (κ1) is 13.2. The van der Waals surface area contributed by atoms with Crippen LogP contribution in [0.1, 0.15) is 17.3 Å². The molecule has 0 aromatic carbocycles. The van der Waals surface area contributed by atoms with E-state index in [2.05, 4.69) is 31.0 Å². The molecular formula is C10H12ClN7O. The summed E-state index contributed by atoms with van der Waals surface area (Å²) in [6.45, 7) is 2.63. The minimum atomic E-state index is -0.417. The Labute approximate surface area is 114 Å². The third-order valence-electron chi connectivity index (χ3n) is 2.19. The molecule has 2 rings (SSSR count). The van der Waals surface area contributed by atoms with Crippen molar-refractivity contribution >= 4 is 29.3 Å². The van der Waals surface area contributed by atoms with Crippen LogP contribution in [0.5, 0.6) is 0 Å². The fourth-order valence-electron chi connectivity index (χ4n) is 1.39. The predicted octanol–water partition coefficient (Wildman–Crippen LogP) is 0.943. The van der Waals surface area contributed by atoms with Gasteiger partial charge in [-0.05, 0) is 18.2 Å². The van der Waals surface area contributed by atoms with Crippen molar-refractivity contribution in [1.82, 2.24) is 25.2 Å². The number of pyridine rings is 1. The van der Waals surface area contributed by atoms with Crippen LogP contribution in [0, 0.1) is 0 Å². The maximum absolute atomic E-state index is 12.0. The van der Waals surface area contributed by atoms with Gasteiger partial charge < -0.3 is 5.32 Å². The Kier molecular flexibility index (Phi) is 3.91. The monoisotopic (exact) mass is 281 g/mol. The summed E-state index contributed by atoms with van der Waals surface area (Å²) in [7, 11) is 1.60. The zero-order valence-corrected chi connectivity index (χ0v) is 11.1. The Bertz CT molecular complexity index is 597. The second-order valence-corrected chi connectivity index (χ2v) is 4.04. The number of hydrogen-bond acceptors (Lipinski definition) is 6. The van der Waals surface area contributed by atoms with Gasteiger partial charge >= 0.3 is 0 Å². The number of hydrogen-bond donors (Lipinski definition) is 2. The second kappa shape index (κ2) is 5.61. The molecule has 9 heteroatoms. The molecule has 0 aliphatic heterocycles. The van der Waals surface area contributed by atoms with Gasteiger partial charge in [0.15, 0.2) is 0 Å². The van der Waals surface area contributed by atoms with Crippen LogP contribution in [0.2, 0.25) is 5.02 Å². The Morgan fingerprint density at radius 2 is 2.32 bits per heavy atom. The van der Waals surface area contributed by atoms with Crippen molar-refractivity contribution in [3.63, 3.8) is 0 Å². The Hall–Kier alpha value is -2.22. The van der Waals surface area contributed by atoms with Crippen LogP contribution in [0.4, 0.5) is 11.8 Å². The summed E-state index contributed by atoms with van der Waals surface area (Å²) < 4.78 is 0. The molecule has 2 aromatic rings. The normalized spacial score (nSPS) is 10.3. The van der Waals surface area contributed by atoms with Gasteiger partial charge in [0.25, 0.3) is 11.9 Å². The number of aryl methyl sites for hydroxylation is 1. The molecule has 2 heterocycles. The smallest absolute Gasteiger partial charge is 0.270 e. The molecule has 19 heavy (non-hydrogen) atoms. The predicted molar refractivity (Wildman–Crippen MR) is 70.2 cm³/mol. The van der Waals surface area contributed by atoms with E-state index in [4.69, 9.17) is 11.6 Å². The summed E-state index contributed by atoms with van der Waals surface area (Å²) in [6.07, 6.45) is 1.42. The fraction of sp³-hybridized carbons (Fsp3) is 0.300. The number of nitrogens with zero attached hydrogens (tertiary/aromatic N) is 5. The van der Waals surface area contributed by atoms with Gasteiger partial charge in [-0.25, -0.2) is 4.98 Å². The number of tetrazole rings is 1. The molecule has 0 aliphatic carbocycles. The molecular weight excluding hydrogens is 270 g/mol. The Balaban J connectivity index is 2.20. The Morgan fingerprint density at radius 1 is 1.53 bits per heavy atom. The van der Waals surface area contributed by atoms with Gasteiger partial charge in [-0.3, -0.25) is 10.1 Å². The number of amides is 1. The van der Waals surface area contributed by atoms with Crippen molar-refractivity contribution in [2.24, 2.45) is 7.05 Å². The van der Waals surface area contributed by atoms with Gasteiger partial charge in [0.2, 0.25) is 0 Å². The molecule has 0 unspecified atom stereocenters. The van der Waals surface area contributed by atoms with Crippen LogP contribution < -0.4 is 10.6 Å². The minimum absolute atomic E-state index is 0.116. The van der Waals surface area contributed by atoms with Crippen molar-refractivity contribution in [2.45, 2.75) is 6.92 Å². The number of carbonyl (C=O) groups excluding carboxylic acids is 1. The van der Waals surface area contributed by atoms with E-state index in [1.807, 2.05) is 6.92 Å². The lowest BCUT2D eigenvalue weighted by Gasteiger charge is -2.06. The molecule has 0 radical (unpaired) electrons. The fourth-order valence-corrected chi connectivity index (χ4v) is 1.58. The lowest BCUT2D eigenvalue weighted by atomic mass is 10.2. The van der Waals surface area contributed by atoms with E-state index in [1.54, 1.807) is 13.1 Å². The summed E-state index contributed by atoms with van der Waals surface area (Å²) in [4.78, 5) is 17.3. The number of rotatable bonds is 4. The highest BCUT2D eigenvalue weighted by molar-refractivity contribution is 6.34. The second-order valence-electron chi connectivity index (χ2n) is 3.64. The van der Waals surface area contributed by atoms with E-state index < -0.39 is 5.91 Å². The van der Waals surface area contributed by atoms with E-state index >= 15 is 0 Å². The van der Waals surface area contributed by atoms with Crippen molar-refractivity contribution < 1.29 is 4.79 Å². The van der Waals surface area contributed by atoms with Crippen LogP contribution in [0.3, 0.4) is 0 Å². The molecule has 0 saturated heterocycles. The van der Waals surface area contributed by atoms with Crippen LogP contribution in [-0.4, -0.2) is 37.6 Å². The maximum Gasteiger partial charge on any atom is 0.270 e. The first-order chi connectivity index (χ1) is 9.10. The molecule has 8 nitrogen and oxygen atoms in total. The zero-order chi connectivity index (χ0) is 13.8. The van der Waals surface area contributed by atoms with Gasteiger partial charge in [0, 0.05) is 12.7 Å². The molecule has 100 valence electrons. The molecule has 1 amide bonds. The number of carbonyl (C=O) groups is 1. The highest BCUT2D eigenvalue weighted by atomic mass is 35.5. The quantitative estimate of drug-likeness (QED) is 0.866. The van der Waals surface area contributed by atoms with Crippen molar-refractivity contribution in [1.29, 1.82) is 0 Å². The number of anilines is 2. The van der Waals surface area contributed by atoms with Crippen molar-refractivity contribution in [3.05, 3.63) is 22.8 Å². The summed E-state index contributed by atoms with van der Waals surface area (Å²) >= 11 is 5.95. The lowest BCUT2D eigenvalue weighted by Crippen LogP contribution is -2.14. The SMILES string of the molecule is CCNc1cc(C(=O)Nc2nnn(C)n2)c(Cl)cn1. The molecule has 0 atom stereocenters. The van der Waals surface area contributed by atoms with Crippen LogP contribution in [0.15, 0.2) is 12.3 Å². The van der Waals surface area contributed by atoms with Crippen molar-refractivity contribution in [3.8, 4) is 0 Å². The van der Waals surface area contributed by atoms with Crippen LogP contribution >= 0.6 is 11.6 Å². The lowest BCUT2D eigenvalue weighted by molar-refractivity contribution is 0.102. The first-order valence-corrected chi connectivity index (χ1v) is 5.92. The summed E-state index contributed by atoms with van der Waals surface area (Å²) in [5.74, 6) is 0.272. The van der Waals surface area contributed by atoms with E-state index in [0.29, 0.717) is 17.9 Å². The first-order valence-electron chi connectivity index (χ1n) is 5.55. The van der Waals surface area contributed by atoms with E-state index in [9.17, 15) is 4.79 Å². The largest absolute Gasteiger partial charge is 0.370 e. The van der Waals surface area contributed by atoms with E-state index in [0.717, 1.165) is 0 Å². The average molecular weight is 282 g/mol. The van der Waals surface area contributed by atoms with Crippen LogP contribution in [-0.2, 0) is 7.05 Å². The summed E-state index contributed by atoms with van der Waals surface area (Å²) in [5, 5.41) is 16.9. The van der Waals surface area contributed by atoms with E-state index in [-0.39, 0.29) is 11.0 Å². The summed E-state index contributed by atoms with van der Waals surface area (Å²) in [6, 6.07) is 1.57. The molecule has 0 aliphatic rings. The molecule has 2 N–H and O–H groups in total. The van der Waals surface area contributed by atoms with Gasteiger partial charge in [-0.15, -0.1) is 5.10 Å². The van der Waals surface area contributed by atoms with Crippen molar-refractivity contribution in [2.75, 3.05) is 17.2 Å². The summed E-state index contributed by atoms with van der Waals surface area (Å²) in [5.41, 5.74) is 0.292. The van der Waals surface area contributed by atoms with Gasteiger partial charge in [0.1, 0.15) is 5.82 Å². The standard InChI is InChI=1S/C10H12ClN7O/c1-3-12-8-4-6(7(11)5-13-8)9(19)14-10-15-17-18(2)16-10/h4-5H,3H2,1-2H3,(H,12,13)(H,14,16,19). The van der Waals surface area contributed by atoms with Gasteiger partial charge in [0.05, 0.1) is 17.6 Å². The molecule has 2 aromatic heterocycles. The van der Waals surface area contributed by atoms with E-state index in [1.165, 1.54) is 11.0 Å². The molecule has 0 saturated carbocycles. The highest BCUT2D eigenvalue weighted by Gasteiger charge is 2.14. The number of aromatic nitrogens is 5. The Morgan fingerprint density at radius 3 is 2.95 bits per heavy atom. The average Bonchev–Trinajstić information content (AvgIpc) is 2.77. The van der Waals surface area contributed by atoms with Crippen LogP contribution in [0.25, 0.3) is 0 Å². The maximum atomic E-state index is 12.0. The molecule has 0 fully saturated rings. The molecule has 0 spiro atoms.